The number of unbranched alkanes of at least 4 members (excludes halogenated alkanes) is 4. The maximum absolute atomic E-state index is 12.9. The zero-order valence-electron chi connectivity index (χ0n) is 15.4. The van der Waals surface area contributed by atoms with Gasteiger partial charge in [0.1, 0.15) is 5.54 Å². The number of tetrazole rings is 1. The van der Waals surface area contributed by atoms with Gasteiger partial charge in [0.2, 0.25) is 5.82 Å². The average Bonchev–Trinajstić information content (AvgIpc) is 3.29. The molecule has 8 heteroatoms. The Balaban J connectivity index is 1.89. The van der Waals surface area contributed by atoms with Crippen LogP contribution in [0.1, 0.15) is 63.1 Å². The van der Waals surface area contributed by atoms with E-state index in [2.05, 4.69) is 44.7 Å². The summed E-state index contributed by atoms with van der Waals surface area (Å²) in [6.07, 6.45) is 6.11. The molecule has 0 bridgehead atoms. The van der Waals surface area contributed by atoms with Gasteiger partial charge in [-0.1, -0.05) is 43.7 Å². The molecule has 0 saturated carbocycles. The minimum absolute atomic E-state index is 0.245. The number of nitrogens with one attached hydrogen (secondary N) is 2. The number of halogens is 1. The molecule has 142 valence electrons. The van der Waals surface area contributed by atoms with Crippen LogP contribution in [0, 0.1) is 11.8 Å². The molecule has 1 amide bonds. The van der Waals surface area contributed by atoms with Crippen LogP contribution in [-0.2, 0) is 4.79 Å². The highest BCUT2D eigenvalue weighted by Gasteiger charge is 2.37. The molecule has 6 nitrogen and oxygen atoms in total. The highest BCUT2D eigenvalue weighted by atomic mass is 35.5. The molecule has 0 unspecified atom stereocenters. The van der Waals surface area contributed by atoms with Crippen molar-refractivity contribution < 1.29 is 4.79 Å². The van der Waals surface area contributed by atoms with Gasteiger partial charge in [-0.25, -0.2) is 0 Å². The highest BCUT2D eigenvalue weighted by molar-refractivity contribution is 7.17. The highest BCUT2D eigenvalue weighted by Crippen LogP contribution is 2.39. The number of hydrogen-bond acceptors (Lipinski definition) is 5. The van der Waals surface area contributed by atoms with Crippen LogP contribution >= 0.6 is 22.9 Å². The topological polar surface area (TPSA) is 83.6 Å². The van der Waals surface area contributed by atoms with E-state index in [1.54, 1.807) is 0 Å². The summed E-state index contributed by atoms with van der Waals surface area (Å²) in [5.74, 6) is 6.54. The molecule has 3 heterocycles. The monoisotopic (exact) mass is 403 g/mol. The second-order valence-electron chi connectivity index (χ2n) is 6.77. The SMILES string of the molecule is CCCCCCC#C[C@]1(C)CC(c2ccc(Cl)s2)=C(c2nn[nH]n2)C(=O)N1. The average molecular weight is 404 g/mol. The Morgan fingerprint density at radius 2 is 2.19 bits per heavy atom. The number of carbonyl (C=O) groups excluding carboxylic acids is 1. The van der Waals surface area contributed by atoms with E-state index in [0.717, 1.165) is 23.3 Å². The van der Waals surface area contributed by atoms with Crippen molar-refractivity contribution in [3.63, 3.8) is 0 Å². The number of carbonyl (C=O) groups is 1. The van der Waals surface area contributed by atoms with Crippen LogP contribution < -0.4 is 5.32 Å². The number of H-pyrrole nitrogens is 1. The summed E-state index contributed by atoms with van der Waals surface area (Å²) >= 11 is 7.55. The van der Waals surface area contributed by atoms with Crippen molar-refractivity contribution in [3.05, 3.63) is 27.2 Å². The van der Waals surface area contributed by atoms with E-state index in [9.17, 15) is 4.79 Å². The van der Waals surface area contributed by atoms with E-state index in [0.29, 0.717) is 16.3 Å². The van der Waals surface area contributed by atoms with Gasteiger partial charge in [0, 0.05) is 17.7 Å². The standard InChI is InChI=1S/C19H22ClN5OS/c1-3-4-5-6-7-8-11-19(2)12-13(14-9-10-15(20)27-14)16(18(26)21-19)17-22-24-25-23-17/h9-10H,3-7,12H2,1-2H3,(H,21,26)(H,22,23,24,25)/t19-/m1/s1. The first kappa shape index (κ1) is 19.6. The smallest absolute Gasteiger partial charge is 0.256 e. The maximum Gasteiger partial charge on any atom is 0.256 e. The summed E-state index contributed by atoms with van der Waals surface area (Å²) in [5, 5.41) is 17.0. The number of aromatic amines is 1. The fraction of sp³-hybridized carbons (Fsp3) is 0.474. The molecule has 2 aromatic heterocycles. The van der Waals surface area contributed by atoms with E-state index in [1.807, 2.05) is 19.1 Å². The van der Waals surface area contributed by atoms with Gasteiger partial charge >= 0.3 is 0 Å². The fourth-order valence-electron chi connectivity index (χ4n) is 3.10. The van der Waals surface area contributed by atoms with Gasteiger partial charge in [-0.2, -0.15) is 5.21 Å². The molecule has 1 aliphatic rings. The van der Waals surface area contributed by atoms with E-state index < -0.39 is 5.54 Å². The van der Waals surface area contributed by atoms with Crippen LogP contribution in [0.2, 0.25) is 4.34 Å². The molecule has 0 aromatic carbocycles. The number of rotatable bonds is 6. The molecule has 27 heavy (non-hydrogen) atoms. The molecule has 0 radical (unpaired) electrons. The molecule has 1 aliphatic heterocycles. The summed E-state index contributed by atoms with van der Waals surface area (Å²) in [5.41, 5.74) is 0.630. The first-order chi connectivity index (χ1) is 13.0. The summed E-state index contributed by atoms with van der Waals surface area (Å²) in [4.78, 5) is 13.8. The van der Waals surface area contributed by atoms with Crippen LogP contribution in [0.3, 0.4) is 0 Å². The first-order valence-corrected chi connectivity index (χ1v) is 10.3. The van der Waals surface area contributed by atoms with Crippen molar-refractivity contribution in [1.29, 1.82) is 0 Å². The molecular formula is C19H22ClN5OS. The number of amides is 1. The summed E-state index contributed by atoms with van der Waals surface area (Å²) in [6, 6.07) is 3.74. The van der Waals surface area contributed by atoms with Crippen molar-refractivity contribution >= 4 is 40.0 Å². The Labute approximate surface area is 167 Å². The molecule has 1 atom stereocenters. The minimum atomic E-state index is -0.638. The van der Waals surface area contributed by atoms with Crippen LogP contribution in [0.25, 0.3) is 11.1 Å². The fourth-order valence-corrected chi connectivity index (χ4v) is 4.19. The molecule has 2 aromatic rings. The van der Waals surface area contributed by atoms with Gasteiger partial charge in [-0.05, 0) is 36.3 Å². The Hall–Kier alpha value is -2.17. The van der Waals surface area contributed by atoms with E-state index in [1.165, 1.54) is 30.6 Å². The van der Waals surface area contributed by atoms with Crippen LogP contribution in [0.4, 0.5) is 0 Å². The van der Waals surface area contributed by atoms with E-state index in [-0.39, 0.29) is 11.7 Å². The third kappa shape index (κ3) is 4.76. The Bertz CT molecular complexity index is 893. The quantitative estimate of drug-likeness (QED) is 0.562. The Morgan fingerprint density at radius 1 is 1.33 bits per heavy atom. The third-order valence-electron chi connectivity index (χ3n) is 4.41. The van der Waals surface area contributed by atoms with Crippen molar-refractivity contribution in [2.45, 2.75) is 57.9 Å². The second kappa shape index (κ2) is 8.68. The van der Waals surface area contributed by atoms with E-state index in [4.69, 9.17) is 11.6 Å². The van der Waals surface area contributed by atoms with Crippen molar-refractivity contribution in [2.75, 3.05) is 0 Å². The predicted molar refractivity (Wildman–Crippen MR) is 108 cm³/mol. The number of hydrogen-bond donors (Lipinski definition) is 2. The van der Waals surface area contributed by atoms with Gasteiger partial charge in [0.25, 0.3) is 5.91 Å². The third-order valence-corrected chi connectivity index (χ3v) is 5.70. The van der Waals surface area contributed by atoms with Crippen molar-refractivity contribution in [3.8, 4) is 11.8 Å². The molecule has 3 rings (SSSR count). The molecule has 0 saturated heterocycles. The zero-order chi connectivity index (χ0) is 19.3. The molecule has 0 spiro atoms. The lowest BCUT2D eigenvalue weighted by Crippen LogP contribution is -2.48. The zero-order valence-corrected chi connectivity index (χ0v) is 17.0. The van der Waals surface area contributed by atoms with Gasteiger partial charge in [-0.15, -0.1) is 27.5 Å². The summed E-state index contributed by atoms with van der Waals surface area (Å²) < 4.78 is 0.666. The van der Waals surface area contributed by atoms with Gasteiger partial charge in [0.05, 0.1) is 9.91 Å². The number of thiophene rings is 1. The Morgan fingerprint density at radius 3 is 2.85 bits per heavy atom. The molecule has 0 fully saturated rings. The molecule has 2 N–H and O–H groups in total. The van der Waals surface area contributed by atoms with Crippen molar-refractivity contribution in [2.24, 2.45) is 0 Å². The summed E-state index contributed by atoms with van der Waals surface area (Å²) in [6.45, 7) is 4.14. The minimum Gasteiger partial charge on any atom is -0.336 e. The normalized spacial score (nSPS) is 19.6. The van der Waals surface area contributed by atoms with Gasteiger partial charge in [-0.3, -0.25) is 4.79 Å². The van der Waals surface area contributed by atoms with Gasteiger partial charge in [0.15, 0.2) is 0 Å². The Kier molecular flexibility index (Phi) is 6.30. The van der Waals surface area contributed by atoms with Crippen LogP contribution in [0.15, 0.2) is 12.1 Å². The van der Waals surface area contributed by atoms with Crippen molar-refractivity contribution in [1.82, 2.24) is 25.9 Å². The summed E-state index contributed by atoms with van der Waals surface area (Å²) in [7, 11) is 0. The van der Waals surface area contributed by atoms with E-state index >= 15 is 0 Å². The number of aromatic nitrogens is 4. The predicted octanol–water partition coefficient (Wildman–Crippen LogP) is 4.08. The second-order valence-corrected chi connectivity index (χ2v) is 8.48. The van der Waals surface area contributed by atoms with Crippen LogP contribution in [-0.4, -0.2) is 32.1 Å². The first-order valence-electron chi connectivity index (χ1n) is 9.07. The molecular weight excluding hydrogens is 382 g/mol. The number of nitrogens with zero attached hydrogens (tertiary/aromatic N) is 3. The van der Waals surface area contributed by atoms with Gasteiger partial charge < -0.3 is 5.32 Å². The van der Waals surface area contributed by atoms with Crippen LogP contribution in [0.5, 0.6) is 0 Å². The lowest BCUT2D eigenvalue weighted by Gasteiger charge is -2.32. The maximum atomic E-state index is 12.9. The molecule has 0 aliphatic carbocycles. The lowest BCUT2D eigenvalue weighted by atomic mass is 9.85. The lowest BCUT2D eigenvalue weighted by molar-refractivity contribution is -0.117. The largest absolute Gasteiger partial charge is 0.336 e.